The topological polar surface area (TPSA) is 36.8 Å². The minimum atomic E-state index is -0.429. The number of halogens is 2. The van der Waals surface area contributed by atoms with E-state index in [9.17, 15) is 9.18 Å². The van der Waals surface area contributed by atoms with Gasteiger partial charge in [0.25, 0.3) is 5.91 Å². The molecule has 1 amide bonds. The number of para-hydroxylation sites is 1. The van der Waals surface area contributed by atoms with Crippen molar-refractivity contribution in [2.45, 2.75) is 0 Å². The van der Waals surface area contributed by atoms with E-state index in [0.717, 1.165) is 26.2 Å². The highest BCUT2D eigenvalue weighted by Crippen LogP contribution is 2.19. The van der Waals surface area contributed by atoms with Gasteiger partial charge in [0.15, 0.2) is 6.54 Å². The number of nitrogens with zero attached hydrogens (tertiary/aromatic N) is 1. The molecule has 1 aliphatic rings. The lowest BCUT2D eigenvalue weighted by molar-refractivity contribution is -0.892. The van der Waals surface area contributed by atoms with Crippen molar-refractivity contribution in [2.24, 2.45) is 0 Å². The van der Waals surface area contributed by atoms with Crippen molar-refractivity contribution in [1.29, 1.82) is 0 Å². The van der Waals surface area contributed by atoms with Crippen molar-refractivity contribution in [3.05, 3.63) is 58.8 Å². The molecule has 1 aliphatic heterocycles. The highest BCUT2D eigenvalue weighted by molar-refractivity contribution is 9.10. The molecule has 0 saturated carbocycles. The number of piperazine rings is 1. The zero-order valence-corrected chi connectivity index (χ0v) is 14.9. The van der Waals surface area contributed by atoms with Crippen LogP contribution in [0.25, 0.3) is 0 Å². The second-order valence-electron chi connectivity index (χ2n) is 5.92. The van der Waals surface area contributed by atoms with Gasteiger partial charge in [0.05, 0.1) is 31.9 Å². The van der Waals surface area contributed by atoms with Gasteiger partial charge in [-0.1, -0.05) is 34.1 Å². The van der Waals surface area contributed by atoms with Gasteiger partial charge in [-0.3, -0.25) is 4.79 Å². The SMILES string of the molecule is O=C(C[NH+]1CCN(c2ccccc2)CC1)Nc1ccc(Br)cc1F. The molecule has 0 radical (unpaired) electrons. The smallest absolute Gasteiger partial charge is 0.279 e. The first-order chi connectivity index (χ1) is 11.6. The van der Waals surface area contributed by atoms with E-state index in [1.165, 1.54) is 16.7 Å². The molecule has 3 rings (SSSR count). The highest BCUT2D eigenvalue weighted by Gasteiger charge is 2.22. The number of rotatable bonds is 4. The van der Waals surface area contributed by atoms with E-state index >= 15 is 0 Å². The van der Waals surface area contributed by atoms with Gasteiger partial charge in [-0.05, 0) is 30.3 Å². The van der Waals surface area contributed by atoms with Crippen molar-refractivity contribution in [3.8, 4) is 0 Å². The molecule has 2 aromatic rings. The van der Waals surface area contributed by atoms with Crippen LogP contribution in [0.4, 0.5) is 15.8 Å². The molecule has 24 heavy (non-hydrogen) atoms. The van der Waals surface area contributed by atoms with Crippen LogP contribution >= 0.6 is 15.9 Å². The number of carbonyl (C=O) groups is 1. The van der Waals surface area contributed by atoms with Gasteiger partial charge >= 0.3 is 0 Å². The van der Waals surface area contributed by atoms with E-state index in [4.69, 9.17) is 0 Å². The molecule has 0 spiro atoms. The minimum absolute atomic E-state index is 0.153. The fourth-order valence-electron chi connectivity index (χ4n) is 2.91. The summed E-state index contributed by atoms with van der Waals surface area (Å²) in [6.45, 7) is 3.98. The molecule has 6 heteroatoms. The molecular weight excluding hydrogens is 373 g/mol. The largest absolute Gasteiger partial charge is 0.360 e. The third-order valence-electron chi connectivity index (χ3n) is 4.21. The molecule has 126 valence electrons. The molecule has 0 unspecified atom stereocenters. The summed E-state index contributed by atoms with van der Waals surface area (Å²) in [5.74, 6) is -0.582. The fourth-order valence-corrected chi connectivity index (χ4v) is 3.24. The van der Waals surface area contributed by atoms with E-state index in [1.807, 2.05) is 18.2 Å². The molecule has 1 fully saturated rings. The molecular formula is C18H20BrFN3O+. The zero-order valence-electron chi connectivity index (χ0n) is 13.3. The third-order valence-corrected chi connectivity index (χ3v) is 4.70. The Morgan fingerprint density at radius 1 is 1.17 bits per heavy atom. The molecule has 0 aliphatic carbocycles. The number of anilines is 2. The Morgan fingerprint density at radius 2 is 1.88 bits per heavy atom. The van der Waals surface area contributed by atoms with Crippen LogP contribution in [0.1, 0.15) is 0 Å². The number of benzene rings is 2. The van der Waals surface area contributed by atoms with Crippen molar-refractivity contribution in [1.82, 2.24) is 0 Å². The summed E-state index contributed by atoms with van der Waals surface area (Å²) in [4.78, 5) is 15.7. The predicted octanol–water partition coefficient (Wildman–Crippen LogP) is 1.93. The summed E-state index contributed by atoms with van der Waals surface area (Å²) in [6.07, 6.45) is 0. The highest BCUT2D eigenvalue weighted by atomic mass is 79.9. The lowest BCUT2D eigenvalue weighted by Crippen LogP contribution is -3.15. The summed E-state index contributed by atoms with van der Waals surface area (Å²) in [7, 11) is 0. The third kappa shape index (κ3) is 4.33. The van der Waals surface area contributed by atoms with Gasteiger partial charge < -0.3 is 15.1 Å². The van der Waals surface area contributed by atoms with Crippen molar-refractivity contribution < 1.29 is 14.1 Å². The van der Waals surface area contributed by atoms with Gasteiger partial charge in [0.2, 0.25) is 0 Å². The van der Waals surface area contributed by atoms with E-state index in [0.29, 0.717) is 11.0 Å². The maximum atomic E-state index is 13.8. The molecule has 0 atom stereocenters. The number of amides is 1. The number of hydrogen-bond donors (Lipinski definition) is 2. The normalized spacial score (nSPS) is 15.3. The zero-order chi connectivity index (χ0) is 16.9. The van der Waals surface area contributed by atoms with Crippen LogP contribution in [0.5, 0.6) is 0 Å². The maximum Gasteiger partial charge on any atom is 0.279 e. The van der Waals surface area contributed by atoms with Crippen molar-refractivity contribution in [3.63, 3.8) is 0 Å². The van der Waals surface area contributed by atoms with Gasteiger partial charge in [-0.15, -0.1) is 0 Å². The van der Waals surface area contributed by atoms with Crippen LogP contribution in [0.2, 0.25) is 0 Å². The lowest BCUT2D eigenvalue weighted by Gasteiger charge is -2.33. The molecule has 4 nitrogen and oxygen atoms in total. The summed E-state index contributed by atoms with van der Waals surface area (Å²) < 4.78 is 14.4. The Balaban J connectivity index is 1.50. The van der Waals surface area contributed by atoms with Crippen LogP contribution in [-0.4, -0.2) is 38.6 Å². The number of hydrogen-bond acceptors (Lipinski definition) is 2. The van der Waals surface area contributed by atoms with E-state index in [1.54, 1.807) is 12.1 Å². The quantitative estimate of drug-likeness (QED) is 0.833. The Hall–Kier alpha value is -1.92. The monoisotopic (exact) mass is 392 g/mol. The van der Waals surface area contributed by atoms with Gasteiger partial charge in [-0.25, -0.2) is 4.39 Å². The van der Waals surface area contributed by atoms with Crippen LogP contribution in [-0.2, 0) is 4.79 Å². The van der Waals surface area contributed by atoms with Gasteiger partial charge in [-0.2, -0.15) is 0 Å². The average Bonchev–Trinajstić information content (AvgIpc) is 2.59. The second-order valence-corrected chi connectivity index (χ2v) is 6.84. The molecule has 1 saturated heterocycles. The van der Waals surface area contributed by atoms with Crippen LogP contribution < -0.4 is 15.1 Å². The van der Waals surface area contributed by atoms with E-state index in [2.05, 4.69) is 38.3 Å². The minimum Gasteiger partial charge on any atom is -0.360 e. The summed E-state index contributed by atoms with van der Waals surface area (Å²) in [5.41, 5.74) is 1.45. The Labute approximate surface area is 149 Å². The van der Waals surface area contributed by atoms with Crippen LogP contribution in [0.15, 0.2) is 53.0 Å². The maximum absolute atomic E-state index is 13.8. The van der Waals surface area contributed by atoms with Gasteiger partial charge in [0.1, 0.15) is 5.82 Å². The van der Waals surface area contributed by atoms with Crippen LogP contribution in [0.3, 0.4) is 0 Å². The van der Waals surface area contributed by atoms with Crippen LogP contribution in [0, 0.1) is 5.82 Å². The summed E-state index contributed by atoms with van der Waals surface area (Å²) >= 11 is 3.21. The van der Waals surface area contributed by atoms with E-state index in [-0.39, 0.29) is 11.6 Å². The molecule has 2 N–H and O–H groups in total. The second kappa shape index (κ2) is 7.77. The molecule has 1 heterocycles. The standard InChI is InChI=1S/C18H19BrFN3O/c19-14-6-7-17(16(20)12-14)21-18(24)13-22-8-10-23(11-9-22)15-4-2-1-3-5-15/h1-7,12H,8-11,13H2,(H,21,24)/p+1. The fraction of sp³-hybridized carbons (Fsp3) is 0.278. The average molecular weight is 393 g/mol. The lowest BCUT2D eigenvalue weighted by atomic mass is 10.2. The molecule has 0 aromatic heterocycles. The van der Waals surface area contributed by atoms with Crippen molar-refractivity contribution >= 4 is 33.2 Å². The molecule has 0 bridgehead atoms. The first-order valence-electron chi connectivity index (χ1n) is 8.00. The Bertz CT molecular complexity index is 703. The summed E-state index contributed by atoms with van der Waals surface area (Å²) in [6, 6.07) is 14.9. The van der Waals surface area contributed by atoms with E-state index < -0.39 is 5.82 Å². The number of quaternary nitrogens is 1. The summed E-state index contributed by atoms with van der Waals surface area (Å²) in [5, 5.41) is 2.66. The molecule has 2 aromatic carbocycles. The Morgan fingerprint density at radius 3 is 2.54 bits per heavy atom. The van der Waals surface area contributed by atoms with Crippen molar-refractivity contribution in [2.75, 3.05) is 42.9 Å². The van der Waals surface area contributed by atoms with Gasteiger partial charge in [0, 0.05) is 10.2 Å². The first-order valence-corrected chi connectivity index (χ1v) is 8.79. The Kier molecular flexibility index (Phi) is 5.48. The number of nitrogens with one attached hydrogen (secondary N) is 2. The number of carbonyl (C=O) groups excluding carboxylic acids is 1. The first kappa shape index (κ1) is 16.9. The predicted molar refractivity (Wildman–Crippen MR) is 96.9 cm³/mol.